The number of fused-ring (bicyclic) bond motifs is 1. The topological polar surface area (TPSA) is 81.4 Å². The van der Waals surface area contributed by atoms with Crippen LogP contribution >= 0.6 is 0 Å². The smallest absolute Gasteiger partial charge is 0.255 e. The van der Waals surface area contributed by atoms with Crippen molar-refractivity contribution in [3.8, 4) is 11.4 Å². The Morgan fingerprint density at radius 3 is 2.87 bits per heavy atom. The number of carbonyl (C=O) groups is 1. The largest absolute Gasteiger partial charge is 0.385 e. The molecule has 0 unspecified atom stereocenters. The highest BCUT2D eigenvalue weighted by atomic mass is 16.5. The second-order valence-corrected chi connectivity index (χ2v) is 4.99. The Morgan fingerprint density at radius 1 is 1.26 bits per heavy atom. The third-order valence-corrected chi connectivity index (χ3v) is 3.41. The molecule has 0 spiro atoms. The monoisotopic (exact) mass is 311 g/mol. The molecular formula is C16H17N5O2. The second kappa shape index (κ2) is 6.97. The molecule has 0 aliphatic rings. The fourth-order valence-electron chi connectivity index (χ4n) is 2.23. The first-order valence-corrected chi connectivity index (χ1v) is 7.33. The quantitative estimate of drug-likeness (QED) is 0.699. The van der Waals surface area contributed by atoms with Crippen LogP contribution in [0.4, 0.5) is 0 Å². The summed E-state index contributed by atoms with van der Waals surface area (Å²) in [7, 11) is 1.64. The minimum Gasteiger partial charge on any atom is -0.385 e. The first kappa shape index (κ1) is 15.1. The van der Waals surface area contributed by atoms with Crippen LogP contribution in [0.5, 0.6) is 0 Å². The summed E-state index contributed by atoms with van der Waals surface area (Å²) in [4.78, 5) is 16.2. The van der Waals surface area contributed by atoms with Gasteiger partial charge in [0, 0.05) is 43.8 Å². The maximum absolute atomic E-state index is 12.0. The number of benzene rings is 1. The van der Waals surface area contributed by atoms with Crippen LogP contribution in [0.25, 0.3) is 17.2 Å². The number of methoxy groups -OCH3 is 1. The summed E-state index contributed by atoms with van der Waals surface area (Å²) in [5.74, 6) is 1.14. The third kappa shape index (κ3) is 3.35. The van der Waals surface area contributed by atoms with Gasteiger partial charge in [-0.05, 0) is 24.6 Å². The second-order valence-electron chi connectivity index (χ2n) is 4.99. The van der Waals surface area contributed by atoms with Crippen molar-refractivity contribution in [3.63, 3.8) is 0 Å². The average molecular weight is 311 g/mol. The standard InChI is InChI=1S/C16H17N5O2/c1-23-11-3-9-17-15(22)13-6-4-12(5-7-13)14-19-20-16-18-8-2-10-21(14)16/h2,4-8,10H,3,9,11H2,1H3,(H,17,22). The molecule has 7 nitrogen and oxygen atoms in total. The number of aromatic nitrogens is 4. The lowest BCUT2D eigenvalue weighted by atomic mass is 10.1. The van der Waals surface area contributed by atoms with Crippen LogP contribution in [0.15, 0.2) is 42.7 Å². The summed E-state index contributed by atoms with van der Waals surface area (Å²) in [6.07, 6.45) is 4.32. The number of rotatable bonds is 6. The lowest BCUT2D eigenvalue weighted by Crippen LogP contribution is -2.25. The van der Waals surface area contributed by atoms with Crippen LogP contribution in [0.2, 0.25) is 0 Å². The molecule has 0 bridgehead atoms. The lowest BCUT2D eigenvalue weighted by Gasteiger charge is -2.05. The zero-order valence-electron chi connectivity index (χ0n) is 12.8. The van der Waals surface area contributed by atoms with Crippen LogP contribution in [-0.2, 0) is 4.74 Å². The molecule has 118 valence electrons. The molecule has 1 aromatic carbocycles. The minimum absolute atomic E-state index is 0.0968. The molecule has 1 N–H and O–H groups in total. The van der Waals surface area contributed by atoms with E-state index in [1.165, 1.54) is 0 Å². The predicted octanol–water partition coefficient (Wildman–Crippen LogP) is 1.56. The first-order valence-electron chi connectivity index (χ1n) is 7.33. The molecule has 2 aromatic heterocycles. The van der Waals surface area contributed by atoms with E-state index in [0.717, 1.165) is 12.0 Å². The van der Waals surface area contributed by atoms with Crippen LogP contribution < -0.4 is 5.32 Å². The van der Waals surface area contributed by atoms with E-state index in [1.54, 1.807) is 29.8 Å². The average Bonchev–Trinajstić information content (AvgIpc) is 3.03. The van der Waals surface area contributed by atoms with Gasteiger partial charge in [0.1, 0.15) is 0 Å². The molecule has 3 aromatic rings. The molecule has 1 amide bonds. The van der Waals surface area contributed by atoms with Gasteiger partial charge in [0.15, 0.2) is 5.82 Å². The van der Waals surface area contributed by atoms with Crippen molar-refractivity contribution in [2.24, 2.45) is 0 Å². The fraction of sp³-hybridized carbons (Fsp3) is 0.250. The van der Waals surface area contributed by atoms with Crippen molar-refractivity contribution < 1.29 is 9.53 Å². The Balaban J connectivity index is 1.73. The number of nitrogens with one attached hydrogen (secondary N) is 1. The van der Waals surface area contributed by atoms with Crippen molar-refractivity contribution in [1.29, 1.82) is 0 Å². The van der Waals surface area contributed by atoms with Crippen molar-refractivity contribution in [2.75, 3.05) is 20.3 Å². The van der Waals surface area contributed by atoms with Gasteiger partial charge in [-0.25, -0.2) is 4.98 Å². The van der Waals surface area contributed by atoms with E-state index in [2.05, 4.69) is 20.5 Å². The van der Waals surface area contributed by atoms with Crippen LogP contribution in [0.1, 0.15) is 16.8 Å². The Bertz CT molecular complexity index is 798. The van der Waals surface area contributed by atoms with E-state index in [-0.39, 0.29) is 5.91 Å². The van der Waals surface area contributed by atoms with Crippen molar-refractivity contribution >= 4 is 11.7 Å². The van der Waals surface area contributed by atoms with Gasteiger partial charge in [-0.2, -0.15) is 0 Å². The van der Waals surface area contributed by atoms with Gasteiger partial charge in [0.05, 0.1) is 0 Å². The van der Waals surface area contributed by atoms with Gasteiger partial charge in [-0.3, -0.25) is 9.20 Å². The Morgan fingerprint density at radius 2 is 2.09 bits per heavy atom. The van der Waals surface area contributed by atoms with Crippen molar-refractivity contribution in [3.05, 3.63) is 48.3 Å². The Hall–Kier alpha value is -2.80. The number of nitrogens with zero attached hydrogens (tertiary/aromatic N) is 4. The van der Waals surface area contributed by atoms with Gasteiger partial charge in [0.2, 0.25) is 0 Å². The number of hydrogen-bond donors (Lipinski definition) is 1. The maximum Gasteiger partial charge on any atom is 0.255 e. The molecule has 0 aliphatic heterocycles. The summed E-state index contributed by atoms with van der Waals surface area (Å²) >= 11 is 0. The zero-order chi connectivity index (χ0) is 16.1. The maximum atomic E-state index is 12.0. The SMILES string of the molecule is COCCCNC(=O)c1ccc(-c2nnc3ncccn23)cc1. The highest BCUT2D eigenvalue weighted by molar-refractivity contribution is 5.94. The molecule has 2 heterocycles. The van der Waals surface area contributed by atoms with E-state index in [0.29, 0.717) is 30.3 Å². The summed E-state index contributed by atoms with van der Waals surface area (Å²) < 4.78 is 6.76. The normalized spacial score (nSPS) is 10.8. The van der Waals surface area contributed by atoms with Gasteiger partial charge in [0.25, 0.3) is 11.7 Å². The molecule has 7 heteroatoms. The molecule has 0 atom stereocenters. The Labute approximate surface area is 133 Å². The van der Waals surface area contributed by atoms with Gasteiger partial charge < -0.3 is 10.1 Å². The highest BCUT2D eigenvalue weighted by Crippen LogP contribution is 2.18. The van der Waals surface area contributed by atoms with Gasteiger partial charge >= 0.3 is 0 Å². The molecule has 0 saturated carbocycles. The zero-order valence-corrected chi connectivity index (χ0v) is 12.8. The number of ether oxygens (including phenoxy) is 1. The highest BCUT2D eigenvalue weighted by Gasteiger charge is 2.10. The van der Waals surface area contributed by atoms with Crippen LogP contribution in [-0.4, -0.2) is 45.8 Å². The van der Waals surface area contributed by atoms with E-state index < -0.39 is 0 Å². The molecular weight excluding hydrogens is 294 g/mol. The van der Waals surface area contributed by atoms with Gasteiger partial charge in [-0.1, -0.05) is 12.1 Å². The molecule has 0 saturated heterocycles. The minimum atomic E-state index is -0.0968. The molecule has 0 fully saturated rings. The van der Waals surface area contributed by atoms with Crippen LogP contribution in [0, 0.1) is 0 Å². The van der Waals surface area contributed by atoms with Crippen LogP contribution in [0.3, 0.4) is 0 Å². The Kier molecular flexibility index (Phi) is 4.58. The first-order chi connectivity index (χ1) is 11.3. The third-order valence-electron chi connectivity index (χ3n) is 3.41. The molecule has 0 aliphatic carbocycles. The van der Waals surface area contributed by atoms with E-state index in [1.807, 2.05) is 24.4 Å². The lowest BCUT2D eigenvalue weighted by molar-refractivity contribution is 0.0948. The number of amides is 1. The summed E-state index contributed by atoms with van der Waals surface area (Å²) in [6.45, 7) is 1.22. The molecule has 3 rings (SSSR count). The van der Waals surface area contributed by atoms with Crippen molar-refractivity contribution in [1.82, 2.24) is 24.9 Å². The number of carbonyl (C=O) groups excluding carboxylic acids is 1. The fourth-order valence-corrected chi connectivity index (χ4v) is 2.23. The number of hydrogen-bond acceptors (Lipinski definition) is 5. The van der Waals surface area contributed by atoms with Crippen molar-refractivity contribution in [2.45, 2.75) is 6.42 Å². The predicted molar refractivity (Wildman–Crippen MR) is 85.0 cm³/mol. The summed E-state index contributed by atoms with van der Waals surface area (Å²) in [5.41, 5.74) is 1.49. The van der Waals surface area contributed by atoms with E-state index >= 15 is 0 Å². The molecule has 23 heavy (non-hydrogen) atoms. The summed E-state index contributed by atoms with van der Waals surface area (Å²) in [5, 5.41) is 11.0. The van der Waals surface area contributed by atoms with E-state index in [4.69, 9.17) is 4.74 Å². The van der Waals surface area contributed by atoms with Gasteiger partial charge in [-0.15, -0.1) is 10.2 Å². The molecule has 0 radical (unpaired) electrons. The summed E-state index contributed by atoms with van der Waals surface area (Å²) in [6, 6.07) is 9.08. The van der Waals surface area contributed by atoms with E-state index in [9.17, 15) is 4.79 Å².